The number of carbonyl (C=O) groups excluding carboxylic acids is 4. The molecule has 0 aromatic carbocycles. The lowest BCUT2D eigenvalue weighted by Gasteiger charge is -2.21. The maximum absolute atomic E-state index is 13.2. The Morgan fingerprint density at radius 2 is 0.444 bits per heavy atom. The van der Waals surface area contributed by atoms with Crippen molar-refractivity contribution in [1.82, 2.24) is 0 Å². The number of esters is 4. The molecule has 0 heterocycles. The smallest absolute Gasteiger partial charge is 0.462 e. The van der Waals surface area contributed by atoms with Gasteiger partial charge in [0.2, 0.25) is 0 Å². The van der Waals surface area contributed by atoms with Gasteiger partial charge < -0.3 is 33.8 Å². The average Bonchev–Trinajstić information content (AvgIpc) is 0.904. The molecule has 7 atom stereocenters. The molecule has 642 valence electrons. The zero-order valence-electron chi connectivity index (χ0n) is 71.5. The van der Waals surface area contributed by atoms with Crippen molar-refractivity contribution in [3.63, 3.8) is 0 Å². The Hall–Kier alpha value is -1.94. The molecule has 0 fully saturated rings. The van der Waals surface area contributed by atoms with Gasteiger partial charge >= 0.3 is 39.5 Å². The zero-order valence-corrected chi connectivity index (χ0v) is 73.3. The average molecular weight is 1580 g/mol. The minimum Gasteiger partial charge on any atom is -0.462 e. The summed E-state index contributed by atoms with van der Waals surface area (Å²) < 4.78 is 69.0. The third-order valence-corrected chi connectivity index (χ3v) is 23.4. The summed E-state index contributed by atoms with van der Waals surface area (Å²) in [4.78, 5) is 73.3. The van der Waals surface area contributed by atoms with Gasteiger partial charge in [0, 0.05) is 25.7 Å². The van der Waals surface area contributed by atoms with Crippen molar-refractivity contribution in [1.29, 1.82) is 0 Å². The van der Waals surface area contributed by atoms with Crippen molar-refractivity contribution in [2.45, 2.75) is 485 Å². The summed E-state index contributed by atoms with van der Waals surface area (Å²) in [7, 11) is -9.93. The highest BCUT2D eigenvalue weighted by atomic mass is 31.2. The van der Waals surface area contributed by atoms with Gasteiger partial charge in [0.1, 0.15) is 19.3 Å². The standard InChI is InChI=1S/C89H174O17P2/c1-9-81(7)67-59-51-43-35-29-23-17-13-11-12-14-18-26-32-38-46-55-63-71-88(93)105-84(75-99-86(91)69-61-53-45-37-31-25-19-15-16-22-28-34-41-49-57-65-79(3)4)77-103-107(95,96)101-73-83(90)74-102-108(97,98)104-78-85(76-100-87(92)70-62-54-48-40-42-50-58-66-80(5)6)106-89(94)72-64-56-47-39-33-27-21-20-24-30-36-44-52-60-68-82(8)10-2/h79-85,90H,9-78H2,1-8H3,(H,95,96)(H,97,98)/t81?,82?,83?,84-,85-/m1/s1. The summed E-state index contributed by atoms with van der Waals surface area (Å²) >= 11 is 0. The van der Waals surface area contributed by atoms with E-state index in [0.29, 0.717) is 31.6 Å². The predicted molar refractivity (Wildman–Crippen MR) is 446 cm³/mol. The summed E-state index contributed by atoms with van der Waals surface area (Å²) in [5.74, 6) is 1.12. The molecule has 0 aliphatic carbocycles. The fraction of sp³-hybridized carbons (Fsp3) is 0.955. The van der Waals surface area contributed by atoms with Crippen LogP contribution in [0.1, 0.15) is 466 Å². The second kappa shape index (κ2) is 77.6. The molecular formula is C89H174O17P2. The lowest BCUT2D eigenvalue weighted by molar-refractivity contribution is -0.161. The van der Waals surface area contributed by atoms with Crippen LogP contribution in [0, 0.1) is 23.7 Å². The lowest BCUT2D eigenvalue weighted by atomic mass is 9.99. The largest absolute Gasteiger partial charge is 0.472 e. The molecule has 0 saturated carbocycles. The summed E-state index contributed by atoms with van der Waals surface area (Å²) in [5.41, 5.74) is 0. The highest BCUT2D eigenvalue weighted by molar-refractivity contribution is 7.47. The Bertz CT molecular complexity index is 2100. The predicted octanol–water partition coefficient (Wildman–Crippen LogP) is 27.1. The van der Waals surface area contributed by atoms with Crippen molar-refractivity contribution < 1.29 is 80.2 Å². The molecule has 0 amide bonds. The highest BCUT2D eigenvalue weighted by Crippen LogP contribution is 2.45. The lowest BCUT2D eigenvalue weighted by Crippen LogP contribution is -2.30. The summed E-state index contributed by atoms with van der Waals surface area (Å²) in [6.45, 7) is 14.4. The molecule has 0 spiro atoms. The Balaban J connectivity index is 5.23. The zero-order chi connectivity index (χ0) is 79.5. The maximum atomic E-state index is 13.2. The van der Waals surface area contributed by atoms with E-state index in [4.69, 9.17) is 37.0 Å². The molecule has 0 aromatic heterocycles. The van der Waals surface area contributed by atoms with Crippen LogP contribution in [0.5, 0.6) is 0 Å². The molecule has 19 heteroatoms. The molecule has 17 nitrogen and oxygen atoms in total. The van der Waals surface area contributed by atoms with Gasteiger partial charge in [0.05, 0.1) is 26.4 Å². The van der Waals surface area contributed by atoms with E-state index in [1.807, 2.05) is 0 Å². The Morgan fingerprint density at radius 1 is 0.259 bits per heavy atom. The van der Waals surface area contributed by atoms with E-state index in [1.165, 1.54) is 263 Å². The monoisotopic (exact) mass is 1580 g/mol. The number of carbonyl (C=O) groups is 4. The van der Waals surface area contributed by atoms with Crippen LogP contribution in [0.25, 0.3) is 0 Å². The van der Waals surface area contributed by atoms with Crippen molar-refractivity contribution >= 4 is 39.5 Å². The second-order valence-electron chi connectivity index (χ2n) is 33.4. The number of phosphoric ester groups is 2. The van der Waals surface area contributed by atoms with Crippen molar-refractivity contribution in [3.05, 3.63) is 0 Å². The molecule has 5 unspecified atom stereocenters. The molecule has 3 N–H and O–H groups in total. The van der Waals surface area contributed by atoms with Crippen LogP contribution >= 0.6 is 15.6 Å². The van der Waals surface area contributed by atoms with Crippen LogP contribution < -0.4 is 0 Å². The van der Waals surface area contributed by atoms with E-state index in [0.717, 1.165) is 114 Å². The molecule has 108 heavy (non-hydrogen) atoms. The Labute approximate surface area is 664 Å². The van der Waals surface area contributed by atoms with Crippen LogP contribution in [-0.2, 0) is 65.4 Å². The van der Waals surface area contributed by atoms with Crippen LogP contribution in [0.4, 0.5) is 0 Å². The second-order valence-corrected chi connectivity index (χ2v) is 36.3. The van der Waals surface area contributed by atoms with Gasteiger partial charge in [-0.2, -0.15) is 0 Å². The number of aliphatic hydroxyl groups excluding tert-OH is 1. The summed E-state index contributed by atoms with van der Waals surface area (Å²) in [6.07, 6.45) is 68.1. The summed E-state index contributed by atoms with van der Waals surface area (Å²) in [6, 6.07) is 0. The highest BCUT2D eigenvalue weighted by Gasteiger charge is 2.31. The van der Waals surface area contributed by atoms with E-state index in [9.17, 15) is 43.2 Å². The van der Waals surface area contributed by atoms with Crippen LogP contribution in [-0.4, -0.2) is 96.7 Å². The van der Waals surface area contributed by atoms with Crippen molar-refractivity contribution in [2.24, 2.45) is 23.7 Å². The molecule has 0 aliphatic rings. The van der Waals surface area contributed by atoms with E-state index in [-0.39, 0.29) is 25.7 Å². The van der Waals surface area contributed by atoms with Gasteiger partial charge in [-0.1, -0.05) is 415 Å². The molecule has 0 saturated heterocycles. The first-order chi connectivity index (χ1) is 52.2. The first-order valence-electron chi connectivity index (χ1n) is 45.8. The van der Waals surface area contributed by atoms with Gasteiger partial charge in [-0.3, -0.25) is 37.3 Å². The number of hydrogen-bond acceptors (Lipinski definition) is 15. The third-order valence-electron chi connectivity index (χ3n) is 21.5. The molecule has 0 bridgehead atoms. The van der Waals surface area contributed by atoms with Crippen molar-refractivity contribution in [3.8, 4) is 0 Å². The SMILES string of the molecule is CCC(C)CCCCCCCCCCCCCCCCCCCCC(=O)O[C@H](COC(=O)CCCCCCCCCCCCCCCCCC(C)C)COP(=O)(O)OCC(O)COP(=O)(O)OC[C@@H](COC(=O)CCCCCCCCCC(C)C)OC(=O)CCCCCCCCCCCCCCCCC(C)CC. The minimum absolute atomic E-state index is 0.107. The van der Waals surface area contributed by atoms with E-state index in [1.54, 1.807) is 0 Å². The van der Waals surface area contributed by atoms with Crippen molar-refractivity contribution in [2.75, 3.05) is 39.6 Å². The first-order valence-corrected chi connectivity index (χ1v) is 48.8. The van der Waals surface area contributed by atoms with E-state index < -0.39 is 97.5 Å². The van der Waals surface area contributed by atoms with Gasteiger partial charge in [0.15, 0.2) is 12.2 Å². The number of hydrogen-bond donors (Lipinski definition) is 3. The molecule has 0 radical (unpaired) electrons. The molecule has 0 aromatic rings. The van der Waals surface area contributed by atoms with Crippen LogP contribution in [0.2, 0.25) is 0 Å². The molecule has 0 aliphatic heterocycles. The molecule has 0 rings (SSSR count). The maximum Gasteiger partial charge on any atom is 0.472 e. The van der Waals surface area contributed by atoms with Gasteiger partial charge in [-0.15, -0.1) is 0 Å². The van der Waals surface area contributed by atoms with Gasteiger partial charge in [0.25, 0.3) is 0 Å². The van der Waals surface area contributed by atoms with Gasteiger partial charge in [-0.25, -0.2) is 9.13 Å². The van der Waals surface area contributed by atoms with E-state index >= 15 is 0 Å². The Morgan fingerprint density at radius 3 is 0.657 bits per heavy atom. The fourth-order valence-electron chi connectivity index (χ4n) is 13.8. The number of rotatable bonds is 86. The minimum atomic E-state index is -4.97. The first kappa shape index (κ1) is 106. The fourth-order valence-corrected chi connectivity index (χ4v) is 15.4. The quantitative estimate of drug-likeness (QED) is 0.0222. The van der Waals surface area contributed by atoms with E-state index in [2.05, 4.69) is 55.4 Å². The number of phosphoric acid groups is 2. The Kier molecular flexibility index (Phi) is 76.2. The number of unbranched alkanes of at least 4 members (excludes halogenated alkanes) is 50. The third kappa shape index (κ3) is 79.3. The number of ether oxygens (including phenoxy) is 4. The van der Waals surface area contributed by atoms with Crippen LogP contribution in [0.3, 0.4) is 0 Å². The number of aliphatic hydroxyl groups is 1. The van der Waals surface area contributed by atoms with Gasteiger partial charge in [-0.05, 0) is 49.4 Å². The normalized spacial score (nSPS) is 14.4. The molecular weight excluding hydrogens is 1400 g/mol. The van der Waals surface area contributed by atoms with Crippen LogP contribution in [0.15, 0.2) is 0 Å². The summed E-state index contributed by atoms with van der Waals surface area (Å²) in [5, 5.41) is 10.7. The topological polar surface area (TPSA) is 237 Å².